The summed E-state index contributed by atoms with van der Waals surface area (Å²) in [6.45, 7) is 0. The first-order valence-electron chi connectivity index (χ1n) is 6.45. The van der Waals surface area contributed by atoms with Crippen molar-refractivity contribution in [1.29, 1.82) is 0 Å². The zero-order valence-corrected chi connectivity index (χ0v) is 15.1. The van der Waals surface area contributed by atoms with Gasteiger partial charge in [0.1, 0.15) is 5.75 Å². The zero-order valence-electron chi connectivity index (χ0n) is 13.4. The maximum atomic E-state index is 5.65. The molecule has 120 valence electrons. The van der Waals surface area contributed by atoms with Gasteiger partial charge in [0.05, 0.1) is 0 Å². The fraction of sp³-hybridized carbons (Fsp3) is 0.538. The molecule has 1 aromatic rings. The van der Waals surface area contributed by atoms with Crippen LogP contribution in [0.25, 0.3) is 0 Å². The van der Waals surface area contributed by atoms with Gasteiger partial charge in [-0.1, -0.05) is 16.5 Å². The molecule has 0 fully saturated rings. The summed E-state index contributed by atoms with van der Waals surface area (Å²) < 4.78 is 11.4. The Hall–Kier alpha value is -0.780. The van der Waals surface area contributed by atoms with Gasteiger partial charge in [0, 0.05) is 0 Å². The van der Waals surface area contributed by atoms with Crippen LogP contribution in [0.5, 0.6) is 11.5 Å². The summed E-state index contributed by atoms with van der Waals surface area (Å²) in [4.78, 5) is 10.2. The topological polar surface area (TPSA) is 40.5 Å². The third-order valence-corrected chi connectivity index (χ3v) is 6.54. The maximum absolute atomic E-state index is 5.65. The molecule has 0 aromatic heterocycles. The summed E-state index contributed by atoms with van der Waals surface area (Å²) in [5, 5.41) is 0. The van der Waals surface area contributed by atoms with Crippen LogP contribution < -0.4 is 9.57 Å². The molecule has 0 saturated carbocycles. The predicted molar refractivity (Wildman–Crippen MR) is 88.8 cm³/mol. The minimum atomic E-state index is -2.05. The number of benzene rings is 1. The fourth-order valence-electron chi connectivity index (χ4n) is 2.05. The van der Waals surface area contributed by atoms with Crippen molar-refractivity contribution in [3.8, 4) is 11.5 Å². The molecule has 1 aromatic carbocycles. The number of hydrogen-bond donors (Lipinski definition) is 0. The van der Waals surface area contributed by atoms with Crippen molar-refractivity contribution in [3.05, 3.63) is 24.3 Å². The van der Waals surface area contributed by atoms with E-state index in [-0.39, 0.29) is 6.07 Å². The Morgan fingerprint density at radius 1 is 0.905 bits per heavy atom. The molecule has 6 nitrogen and oxygen atoms in total. The van der Waals surface area contributed by atoms with E-state index in [1.54, 1.807) is 24.3 Å². The third-order valence-electron chi connectivity index (χ3n) is 2.91. The van der Waals surface area contributed by atoms with Crippen LogP contribution in [0.1, 0.15) is 0 Å². The van der Waals surface area contributed by atoms with Crippen molar-refractivity contribution < 1.29 is 9.57 Å². The van der Waals surface area contributed by atoms with E-state index in [0.29, 0.717) is 11.5 Å². The largest absolute Gasteiger partial charge is 0.478 e. The van der Waals surface area contributed by atoms with Crippen LogP contribution >= 0.6 is 19.1 Å². The second-order valence-corrected chi connectivity index (χ2v) is 8.83. The van der Waals surface area contributed by atoms with Gasteiger partial charge in [-0.05, 0) is 66.6 Å². The Morgan fingerprint density at radius 3 is 1.71 bits per heavy atom. The molecular weight excluding hydrogens is 311 g/mol. The van der Waals surface area contributed by atoms with Gasteiger partial charge in [0.25, 0.3) is 0 Å². The molecule has 0 bridgehead atoms. The zero-order chi connectivity index (χ0) is 16.0. The Bertz CT molecular complexity index is 463. The van der Waals surface area contributed by atoms with Gasteiger partial charge < -0.3 is 9.57 Å². The molecule has 0 unspecified atom stereocenters. The lowest BCUT2D eigenvalue weighted by molar-refractivity contribution is 0.323. The summed E-state index contributed by atoms with van der Waals surface area (Å²) in [6, 6.07) is 7.34. The molecule has 8 heteroatoms. The molecule has 0 amide bonds. The van der Waals surface area contributed by atoms with E-state index in [9.17, 15) is 0 Å². The summed E-state index contributed by atoms with van der Waals surface area (Å²) in [7, 11) is 9.94. The average Bonchev–Trinajstić information content (AvgIpc) is 2.40. The van der Waals surface area contributed by atoms with Crippen molar-refractivity contribution in [2.24, 2.45) is 4.91 Å². The first-order valence-corrected chi connectivity index (χ1v) is 8.59. The number of halogens is 1. The maximum Gasteiger partial charge on any atom is 0.210 e. The molecule has 0 saturated heterocycles. The van der Waals surface area contributed by atoms with Crippen LogP contribution in [0.15, 0.2) is 29.2 Å². The Kier molecular flexibility index (Phi) is 6.97. The van der Waals surface area contributed by atoms with E-state index in [2.05, 4.69) is 18.9 Å². The van der Waals surface area contributed by atoms with E-state index >= 15 is 0 Å². The van der Waals surface area contributed by atoms with Gasteiger partial charge in [-0.25, -0.2) is 14.0 Å². The summed E-state index contributed by atoms with van der Waals surface area (Å²) >= 11 is 5.52. The fourth-order valence-corrected chi connectivity index (χ4v) is 4.97. The first-order chi connectivity index (χ1) is 9.84. The summed E-state index contributed by atoms with van der Waals surface area (Å²) in [5.74, 6) is 1.36. The standard InChI is InChI=1S/C13H24ClN4O2P/c1-16(2)21(17(3)4,18(5)6)15-20-13-9-7-12(8-10-13)19-11-14/h7-10H,11H2,1-6H3. The van der Waals surface area contributed by atoms with Crippen molar-refractivity contribution in [1.82, 2.24) is 14.0 Å². The van der Waals surface area contributed by atoms with Gasteiger partial charge >= 0.3 is 0 Å². The number of nitrogens with zero attached hydrogens (tertiary/aromatic N) is 4. The Morgan fingerprint density at radius 2 is 1.33 bits per heavy atom. The first kappa shape index (κ1) is 18.3. The smallest absolute Gasteiger partial charge is 0.210 e. The van der Waals surface area contributed by atoms with Crippen LogP contribution in [0.2, 0.25) is 0 Å². The van der Waals surface area contributed by atoms with E-state index in [0.717, 1.165) is 0 Å². The minimum absolute atomic E-state index is 0.126. The van der Waals surface area contributed by atoms with Gasteiger partial charge in [0.15, 0.2) is 11.8 Å². The molecule has 21 heavy (non-hydrogen) atoms. The molecular formula is C13H24ClN4O2P. The second kappa shape index (κ2) is 8.01. The monoisotopic (exact) mass is 334 g/mol. The van der Waals surface area contributed by atoms with Crippen LogP contribution in [0.4, 0.5) is 0 Å². The SMILES string of the molecule is CN(C)P(=NOc1ccc(OCCl)cc1)(N(C)C)N(C)C. The average molecular weight is 335 g/mol. The quantitative estimate of drug-likeness (QED) is 0.435. The lowest BCUT2D eigenvalue weighted by atomic mass is 10.3. The van der Waals surface area contributed by atoms with Crippen LogP contribution in [0.3, 0.4) is 0 Å². The lowest BCUT2D eigenvalue weighted by Crippen LogP contribution is -2.31. The number of rotatable bonds is 7. The highest BCUT2D eigenvalue weighted by molar-refractivity contribution is 7.58. The van der Waals surface area contributed by atoms with Crippen molar-refractivity contribution in [2.75, 3.05) is 48.4 Å². The van der Waals surface area contributed by atoms with Gasteiger partial charge in [-0.15, -0.1) is 0 Å². The Balaban J connectivity index is 3.02. The highest BCUT2D eigenvalue weighted by Gasteiger charge is 2.29. The van der Waals surface area contributed by atoms with E-state index in [4.69, 9.17) is 21.2 Å². The normalized spacial score (nSPS) is 12.1. The number of alkyl halides is 1. The molecule has 0 aliphatic carbocycles. The summed E-state index contributed by atoms with van der Waals surface area (Å²) in [6.07, 6.45) is 0. The van der Waals surface area contributed by atoms with Crippen molar-refractivity contribution in [3.63, 3.8) is 0 Å². The summed E-state index contributed by atoms with van der Waals surface area (Å²) in [5.41, 5.74) is 0. The van der Waals surface area contributed by atoms with Crippen molar-refractivity contribution >= 4 is 19.1 Å². The number of hydrogen-bond acceptors (Lipinski definition) is 3. The predicted octanol–water partition coefficient (Wildman–Crippen LogP) is 3.19. The molecule has 0 spiro atoms. The molecule has 1 rings (SSSR count). The molecule has 0 aliphatic heterocycles. The lowest BCUT2D eigenvalue weighted by Gasteiger charge is -2.39. The Labute approximate surface area is 132 Å². The number of ether oxygens (including phenoxy) is 1. The van der Waals surface area contributed by atoms with Crippen LogP contribution in [0, 0.1) is 0 Å². The van der Waals surface area contributed by atoms with E-state index in [1.807, 2.05) is 42.3 Å². The van der Waals surface area contributed by atoms with Crippen molar-refractivity contribution in [2.45, 2.75) is 0 Å². The van der Waals surface area contributed by atoms with E-state index < -0.39 is 7.51 Å². The molecule has 0 radical (unpaired) electrons. The minimum Gasteiger partial charge on any atom is -0.478 e. The van der Waals surface area contributed by atoms with Crippen LogP contribution in [-0.2, 0) is 0 Å². The molecule has 0 aliphatic rings. The molecule has 0 heterocycles. The second-order valence-electron chi connectivity index (χ2n) is 4.98. The van der Waals surface area contributed by atoms with Gasteiger partial charge in [-0.3, -0.25) is 0 Å². The van der Waals surface area contributed by atoms with E-state index in [1.165, 1.54) is 0 Å². The van der Waals surface area contributed by atoms with Crippen LogP contribution in [-0.4, -0.2) is 62.4 Å². The molecule has 0 N–H and O–H groups in total. The third kappa shape index (κ3) is 4.34. The van der Waals surface area contributed by atoms with Gasteiger partial charge in [-0.2, -0.15) is 0 Å². The highest BCUT2D eigenvalue weighted by atomic mass is 35.5. The highest BCUT2D eigenvalue weighted by Crippen LogP contribution is 2.54. The van der Waals surface area contributed by atoms with Gasteiger partial charge in [0.2, 0.25) is 7.51 Å². The molecule has 0 atom stereocenters.